The summed E-state index contributed by atoms with van der Waals surface area (Å²) in [5, 5.41) is 5.88. The lowest BCUT2D eigenvalue weighted by atomic mass is 10.4. The SMILES string of the molecule is COCCNCCNC(=O)CN1CSCC1=O.Cl. The minimum atomic E-state index is -0.102. The van der Waals surface area contributed by atoms with Crippen molar-refractivity contribution >= 4 is 36.0 Å². The van der Waals surface area contributed by atoms with Gasteiger partial charge in [0.1, 0.15) is 6.54 Å². The third-order valence-electron chi connectivity index (χ3n) is 2.27. The highest BCUT2D eigenvalue weighted by atomic mass is 35.5. The summed E-state index contributed by atoms with van der Waals surface area (Å²) in [6.45, 7) is 2.88. The van der Waals surface area contributed by atoms with Crippen molar-refractivity contribution in [1.29, 1.82) is 0 Å². The summed E-state index contributed by atoms with van der Waals surface area (Å²) < 4.78 is 4.87. The number of carbonyl (C=O) groups excluding carboxylic acids is 2. The Bertz CT molecular complexity index is 269. The predicted octanol–water partition coefficient (Wildman–Crippen LogP) is -0.707. The first-order valence-electron chi connectivity index (χ1n) is 5.56. The molecule has 1 aliphatic rings. The van der Waals surface area contributed by atoms with Gasteiger partial charge in [-0.15, -0.1) is 24.2 Å². The van der Waals surface area contributed by atoms with E-state index in [9.17, 15) is 9.59 Å². The van der Waals surface area contributed by atoms with Crippen LogP contribution in [0.3, 0.4) is 0 Å². The second-order valence-corrected chi connectivity index (χ2v) is 4.62. The Morgan fingerprint density at radius 2 is 2.22 bits per heavy atom. The third kappa shape index (κ3) is 7.05. The van der Waals surface area contributed by atoms with Crippen molar-refractivity contribution in [1.82, 2.24) is 15.5 Å². The molecule has 106 valence electrons. The van der Waals surface area contributed by atoms with Gasteiger partial charge < -0.3 is 20.3 Å². The van der Waals surface area contributed by atoms with Crippen molar-refractivity contribution in [3.8, 4) is 0 Å². The van der Waals surface area contributed by atoms with Crippen LogP contribution in [0.15, 0.2) is 0 Å². The van der Waals surface area contributed by atoms with Gasteiger partial charge in [0.2, 0.25) is 11.8 Å². The molecule has 0 aromatic carbocycles. The quantitative estimate of drug-likeness (QED) is 0.580. The number of hydrogen-bond acceptors (Lipinski definition) is 5. The van der Waals surface area contributed by atoms with Crippen LogP contribution in [0, 0.1) is 0 Å². The number of ether oxygens (including phenoxy) is 1. The average molecular weight is 298 g/mol. The molecule has 1 saturated heterocycles. The fourth-order valence-electron chi connectivity index (χ4n) is 1.36. The molecule has 0 aromatic rings. The van der Waals surface area contributed by atoms with E-state index in [-0.39, 0.29) is 30.8 Å². The molecule has 0 radical (unpaired) electrons. The Balaban J connectivity index is 0.00000289. The molecule has 0 atom stereocenters. The minimum Gasteiger partial charge on any atom is -0.383 e. The van der Waals surface area contributed by atoms with Gasteiger partial charge in [0.25, 0.3) is 0 Å². The van der Waals surface area contributed by atoms with Crippen LogP contribution in [0.4, 0.5) is 0 Å². The van der Waals surface area contributed by atoms with Crippen LogP contribution in [0.1, 0.15) is 0 Å². The average Bonchev–Trinajstić information content (AvgIpc) is 2.69. The normalized spacial score (nSPS) is 14.5. The smallest absolute Gasteiger partial charge is 0.239 e. The van der Waals surface area contributed by atoms with E-state index in [1.54, 1.807) is 12.0 Å². The first-order valence-corrected chi connectivity index (χ1v) is 6.71. The van der Waals surface area contributed by atoms with E-state index in [0.29, 0.717) is 31.3 Å². The number of nitrogens with zero attached hydrogens (tertiary/aromatic N) is 1. The molecule has 6 nitrogen and oxygen atoms in total. The molecule has 2 amide bonds. The number of halogens is 1. The zero-order valence-electron chi connectivity index (χ0n) is 10.4. The monoisotopic (exact) mass is 297 g/mol. The van der Waals surface area contributed by atoms with E-state index in [0.717, 1.165) is 6.54 Å². The predicted molar refractivity (Wildman–Crippen MR) is 74.0 cm³/mol. The second-order valence-electron chi connectivity index (χ2n) is 3.66. The molecule has 18 heavy (non-hydrogen) atoms. The van der Waals surface area contributed by atoms with Crippen molar-refractivity contribution in [2.75, 3.05) is 51.5 Å². The molecule has 0 aliphatic carbocycles. The molecule has 1 heterocycles. The maximum Gasteiger partial charge on any atom is 0.239 e. The lowest BCUT2D eigenvalue weighted by molar-refractivity contribution is -0.132. The zero-order valence-corrected chi connectivity index (χ0v) is 12.1. The van der Waals surface area contributed by atoms with Crippen molar-refractivity contribution in [3.05, 3.63) is 0 Å². The van der Waals surface area contributed by atoms with Gasteiger partial charge in [0.05, 0.1) is 18.2 Å². The van der Waals surface area contributed by atoms with E-state index in [2.05, 4.69) is 10.6 Å². The Kier molecular flexibility index (Phi) is 10.1. The van der Waals surface area contributed by atoms with Gasteiger partial charge in [-0.2, -0.15) is 0 Å². The molecular formula is C10H20ClN3O3S. The zero-order chi connectivity index (χ0) is 12.5. The molecule has 0 unspecified atom stereocenters. The van der Waals surface area contributed by atoms with Crippen LogP contribution in [-0.2, 0) is 14.3 Å². The number of carbonyl (C=O) groups is 2. The topological polar surface area (TPSA) is 70.7 Å². The summed E-state index contributed by atoms with van der Waals surface area (Å²) in [7, 11) is 1.65. The lowest BCUT2D eigenvalue weighted by Crippen LogP contribution is -2.40. The van der Waals surface area contributed by atoms with Crippen LogP contribution in [0.2, 0.25) is 0 Å². The Labute approximate surface area is 118 Å². The summed E-state index contributed by atoms with van der Waals surface area (Å²) in [6, 6.07) is 0. The molecule has 0 spiro atoms. The minimum absolute atomic E-state index is 0. The highest BCUT2D eigenvalue weighted by Gasteiger charge is 2.22. The van der Waals surface area contributed by atoms with Gasteiger partial charge in [-0.25, -0.2) is 0 Å². The highest BCUT2D eigenvalue weighted by Crippen LogP contribution is 2.13. The Morgan fingerprint density at radius 3 is 2.83 bits per heavy atom. The molecule has 0 aromatic heterocycles. The molecule has 2 N–H and O–H groups in total. The summed E-state index contributed by atoms with van der Waals surface area (Å²) in [5.74, 6) is 1.06. The number of hydrogen-bond donors (Lipinski definition) is 2. The molecule has 1 rings (SSSR count). The van der Waals surface area contributed by atoms with Gasteiger partial charge >= 0.3 is 0 Å². The van der Waals surface area contributed by atoms with Crippen LogP contribution in [0.25, 0.3) is 0 Å². The summed E-state index contributed by atoms with van der Waals surface area (Å²) >= 11 is 1.54. The van der Waals surface area contributed by atoms with Gasteiger partial charge in [0.15, 0.2) is 0 Å². The van der Waals surface area contributed by atoms with Crippen LogP contribution in [-0.4, -0.2) is 68.2 Å². The van der Waals surface area contributed by atoms with E-state index < -0.39 is 0 Å². The maximum atomic E-state index is 11.5. The standard InChI is InChI=1S/C10H19N3O3S.ClH/c1-16-5-4-11-2-3-12-9(14)6-13-8-17-7-10(13)15;/h11H,2-8H2,1H3,(H,12,14);1H. The van der Waals surface area contributed by atoms with E-state index in [4.69, 9.17) is 4.74 Å². The largest absolute Gasteiger partial charge is 0.383 e. The Morgan fingerprint density at radius 1 is 1.44 bits per heavy atom. The fourth-order valence-corrected chi connectivity index (χ4v) is 2.26. The van der Waals surface area contributed by atoms with Crippen LogP contribution in [0.5, 0.6) is 0 Å². The van der Waals surface area contributed by atoms with Crippen molar-refractivity contribution in [3.63, 3.8) is 0 Å². The van der Waals surface area contributed by atoms with E-state index >= 15 is 0 Å². The molecule has 0 saturated carbocycles. The first-order chi connectivity index (χ1) is 8.24. The lowest BCUT2D eigenvalue weighted by Gasteiger charge is -2.14. The first kappa shape index (κ1) is 17.5. The third-order valence-corrected chi connectivity index (χ3v) is 3.21. The van der Waals surface area contributed by atoms with Crippen molar-refractivity contribution in [2.24, 2.45) is 0 Å². The highest BCUT2D eigenvalue weighted by molar-refractivity contribution is 8.00. The molecule has 1 aliphatic heterocycles. The van der Waals surface area contributed by atoms with Gasteiger partial charge in [-0.3, -0.25) is 9.59 Å². The summed E-state index contributed by atoms with van der Waals surface area (Å²) in [5.41, 5.74) is 0. The van der Waals surface area contributed by atoms with Crippen LogP contribution < -0.4 is 10.6 Å². The maximum absolute atomic E-state index is 11.5. The number of thioether (sulfide) groups is 1. The number of amides is 2. The summed E-state index contributed by atoms with van der Waals surface area (Å²) in [4.78, 5) is 24.3. The van der Waals surface area contributed by atoms with Gasteiger partial charge in [0, 0.05) is 26.7 Å². The van der Waals surface area contributed by atoms with Gasteiger partial charge in [-0.1, -0.05) is 0 Å². The van der Waals surface area contributed by atoms with E-state index in [1.807, 2.05) is 0 Å². The number of rotatable bonds is 8. The van der Waals surface area contributed by atoms with Crippen LogP contribution >= 0.6 is 24.2 Å². The number of nitrogens with one attached hydrogen (secondary N) is 2. The molecular weight excluding hydrogens is 278 g/mol. The van der Waals surface area contributed by atoms with E-state index in [1.165, 1.54) is 11.8 Å². The Hall–Kier alpha value is -0.500. The van der Waals surface area contributed by atoms with Crippen molar-refractivity contribution < 1.29 is 14.3 Å². The molecule has 8 heteroatoms. The second kappa shape index (κ2) is 10.4. The molecule has 0 bridgehead atoms. The molecule has 1 fully saturated rings. The summed E-state index contributed by atoms with van der Waals surface area (Å²) in [6.07, 6.45) is 0. The van der Waals surface area contributed by atoms with Crippen molar-refractivity contribution in [2.45, 2.75) is 0 Å². The van der Waals surface area contributed by atoms with Gasteiger partial charge in [-0.05, 0) is 0 Å². The number of methoxy groups -OCH3 is 1. The fraction of sp³-hybridized carbons (Fsp3) is 0.800.